The second-order valence-electron chi connectivity index (χ2n) is 7.93. The maximum atomic E-state index is 12.0. The lowest BCUT2D eigenvalue weighted by molar-refractivity contribution is -0.174. The van der Waals surface area contributed by atoms with Crippen LogP contribution in [0, 0.1) is 0 Å². The summed E-state index contributed by atoms with van der Waals surface area (Å²) in [5.41, 5.74) is 2.51. The van der Waals surface area contributed by atoms with E-state index < -0.39 is 16.3 Å². The fraction of sp³-hybridized carbons (Fsp3) is 0.550. The van der Waals surface area contributed by atoms with Crippen molar-refractivity contribution in [2.75, 3.05) is 24.8 Å². The molecule has 2 aliphatic rings. The number of aromatic amines is 1. The maximum absolute atomic E-state index is 12.0. The lowest BCUT2D eigenvalue weighted by Crippen LogP contribution is -2.40. The van der Waals surface area contributed by atoms with Gasteiger partial charge in [0.15, 0.2) is 15.7 Å². The van der Waals surface area contributed by atoms with Gasteiger partial charge < -0.3 is 19.5 Å². The fourth-order valence-electron chi connectivity index (χ4n) is 3.74. The zero-order chi connectivity index (χ0) is 21.3. The number of benzene rings is 1. The second kappa shape index (κ2) is 8.64. The van der Waals surface area contributed by atoms with Gasteiger partial charge in [0.2, 0.25) is 6.41 Å². The minimum Gasteiger partial charge on any atom is -0.369 e. The first-order valence-corrected chi connectivity index (χ1v) is 11.7. The lowest BCUT2D eigenvalue weighted by atomic mass is 10.1. The number of methoxy groups -OCH3 is 1. The van der Waals surface area contributed by atoms with Crippen molar-refractivity contribution in [3.8, 4) is 0 Å². The van der Waals surface area contributed by atoms with Crippen LogP contribution in [0.4, 0.5) is 11.5 Å². The van der Waals surface area contributed by atoms with E-state index in [1.54, 1.807) is 19.2 Å². The van der Waals surface area contributed by atoms with Crippen molar-refractivity contribution >= 4 is 21.3 Å². The molecular formula is C20H28N4O5S. The molecule has 2 aromatic rings. The maximum Gasteiger partial charge on any atom is 0.216 e. The van der Waals surface area contributed by atoms with Crippen molar-refractivity contribution in [1.82, 2.24) is 15.5 Å². The predicted octanol–water partition coefficient (Wildman–Crippen LogP) is 2.26. The molecule has 0 bridgehead atoms. The average molecular weight is 437 g/mol. The highest BCUT2D eigenvalue weighted by Crippen LogP contribution is 2.32. The molecule has 1 fully saturated rings. The number of fused-ring (bicyclic) bond motifs is 1. The predicted molar refractivity (Wildman–Crippen MR) is 111 cm³/mol. The van der Waals surface area contributed by atoms with E-state index in [0.717, 1.165) is 16.9 Å². The van der Waals surface area contributed by atoms with Crippen LogP contribution in [0.5, 0.6) is 0 Å². The third-order valence-corrected chi connectivity index (χ3v) is 7.02. The van der Waals surface area contributed by atoms with Crippen molar-refractivity contribution < 1.29 is 22.6 Å². The first-order valence-electron chi connectivity index (χ1n) is 10.1. The van der Waals surface area contributed by atoms with Crippen molar-refractivity contribution in [3.63, 3.8) is 0 Å². The number of ether oxygens (including phenoxy) is 3. The minimum absolute atomic E-state index is 0.0791. The Kier molecular flexibility index (Phi) is 6.12. The molecule has 0 spiro atoms. The number of hydrogen-bond acceptors (Lipinski definition) is 8. The van der Waals surface area contributed by atoms with Crippen LogP contribution >= 0.6 is 0 Å². The van der Waals surface area contributed by atoms with Crippen LogP contribution in [0.15, 0.2) is 29.2 Å². The topological polar surface area (TPSA) is 115 Å². The molecule has 2 aliphatic heterocycles. The molecule has 0 saturated carbocycles. The van der Waals surface area contributed by atoms with E-state index >= 15 is 0 Å². The summed E-state index contributed by atoms with van der Waals surface area (Å²) in [7, 11) is -1.51. The van der Waals surface area contributed by atoms with E-state index in [1.807, 2.05) is 26.0 Å². The van der Waals surface area contributed by atoms with Crippen molar-refractivity contribution in [2.24, 2.45) is 0 Å². The van der Waals surface area contributed by atoms with Crippen LogP contribution in [0.25, 0.3) is 0 Å². The van der Waals surface area contributed by atoms with Gasteiger partial charge in [-0.1, -0.05) is 0 Å². The fourth-order valence-corrected chi connectivity index (χ4v) is 5.29. The van der Waals surface area contributed by atoms with Crippen molar-refractivity contribution in [3.05, 3.63) is 35.5 Å². The first kappa shape index (κ1) is 21.3. The zero-order valence-electron chi connectivity index (χ0n) is 17.3. The normalized spacial score (nSPS) is 23.6. The lowest BCUT2D eigenvalue weighted by Gasteiger charge is -2.22. The SMILES string of the molecule is COC(NC(C)C)O[C@H]1CO[C@@H](c2cc(Nc3ccc4c(c3)CCS4(=O)=O)n[nH]2)C1. The summed E-state index contributed by atoms with van der Waals surface area (Å²) in [6.45, 7) is 4.54. The van der Waals surface area contributed by atoms with Crippen LogP contribution in [-0.2, 0) is 30.5 Å². The number of aromatic nitrogens is 2. The Morgan fingerprint density at radius 1 is 1.30 bits per heavy atom. The quantitative estimate of drug-likeness (QED) is 0.540. The van der Waals surface area contributed by atoms with Gasteiger partial charge in [0.1, 0.15) is 6.10 Å². The van der Waals surface area contributed by atoms with Crippen LogP contribution in [-0.4, -0.2) is 56.6 Å². The minimum atomic E-state index is -3.12. The Morgan fingerprint density at radius 2 is 2.13 bits per heavy atom. The van der Waals surface area contributed by atoms with Crippen LogP contribution in [0.1, 0.15) is 37.6 Å². The highest BCUT2D eigenvalue weighted by molar-refractivity contribution is 7.91. The molecule has 3 N–H and O–H groups in total. The molecular weight excluding hydrogens is 408 g/mol. The summed E-state index contributed by atoms with van der Waals surface area (Å²) in [4.78, 5) is 0.433. The van der Waals surface area contributed by atoms with Crippen molar-refractivity contribution in [1.29, 1.82) is 0 Å². The summed E-state index contributed by atoms with van der Waals surface area (Å²) in [6, 6.07) is 7.44. The average Bonchev–Trinajstić information content (AvgIpc) is 3.41. The number of hydrogen-bond donors (Lipinski definition) is 3. The number of nitrogens with zero attached hydrogens (tertiary/aromatic N) is 1. The van der Waals surface area contributed by atoms with E-state index in [2.05, 4.69) is 20.8 Å². The number of aryl methyl sites for hydroxylation is 1. The second-order valence-corrected chi connectivity index (χ2v) is 10.0. The highest BCUT2D eigenvalue weighted by atomic mass is 32.2. The zero-order valence-corrected chi connectivity index (χ0v) is 18.2. The largest absolute Gasteiger partial charge is 0.369 e. The van der Waals surface area contributed by atoms with Gasteiger partial charge in [-0.3, -0.25) is 10.4 Å². The molecule has 4 rings (SSSR count). The number of anilines is 2. The molecule has 0 aliphatic carbocycles. The Bertz CT molecular complexity index is 991. The molecule has 1 aromatic heterocycles. The molecule has 1 saturated heterocycles. The van der Waals surface area contributed by atoms with E-state index in [-0.39, 0.29) is 24.0 Å². The van der Waals surface area contributed by atoms with Gasteiger partial charge in [0.05, 0.1) is 29.1 Å². The van der Waals surface area contributed by atoms with E-state index in [1.165, 1.54) is 0 Å². The molecule has 0 radical (unpaired) electrons. The monoisotopic (exact) mass is 436 g/mol. The summed E-state index contributed by atoms with van der Waals surface area (Å²) in [5, 5.41) is 13.7. The molecule has 3 heterocycles. The third-order valence-electron chi connectivity index (χ3n) is 5.21. The van der Waals surface area contributed by atoms with E-state index in [9.17, 15) is 8.42 Å². The van der Waals surface area contributed by atoms with E-state index in [0.29, 0.717) is 30.2 Å². The summed E-state index contributed by atoms with van der Waals surface area (Å²) in [5.74, 6) is 0.826. The summed E-state index contributed by atoms with van der Waals surface area (Å²) in [6.07, 6.45) is 0.548. The van der Waals surface area contributed by atoms with E-state index in [4.69, 9.17) is 14.2 Å². The van der Waals surface area contributed by atoms with Crippen LogP contribution < -0.4 is 10.6 Å². The molecule has 1 unspecified atom stereocenters. The molecule has 30 heavy (non-hydrogen) atoms. The Hall–Kier alpha value is -1.98. The smallest absolute Gasteiger partial charge is 0.216 e. The summed E-state index contributed by atoms with van der Waals surface area (Å²) >= 11 is 0. The van der Waals surface area contributed by atoms with Crippen LogP contribution in [0.2, 0.25) is 0 Å². The van der Waals surface area contributed by atoms with Crippen molar-refractivity contribution in [2.45, 2.75) is 56.2 Å². The Balaban J connectivity index is 1.36. The molecule has 164 valence electrons. The summed E-state index contributed by atoms with van der Waals surface area (Å²) < 4.78 is 41.1. The van der Waals surface area contributed by atoms with Gasteiger partial charge in [0.25, 0.3) is 0 Å². The van der Waals surface area contributed by atoms with Crippen LogP contribution in [0.3, 0.4) is 0 Å². The Morgan fingerprint density at radius 3 is 2.90 bits per heavy atom. The standard InChI is InChI=1S/C20H28N4O5S/c1-12(2)21-20(27-3)29-15-9-17(28-11-15)16-10-19(24-23-16)22-14-4-5-18-13(8-14)6-7-30(18,25)26/h4-5,8,10,12,15,17,20-21H,6-7,9,11H2,1-3H3,(H2,22,23,24)/t15-,17-,20?/m1/s1. The van der Waals surface area contributed by atoms with Gasteiger partial charge in [0, 0.05) is 31.3 Å². The molecule has 3 atom stereocenters. The molecule has 1 aromatic carbocycles. The third kappa shape index (κ3) is 4.68. The highest BCUT2D eigenvalue weighted by Gasteiger charge is 2.31. The molecule has 9 nitrogen and oxygen atoms in total. The van der Waals surface area contributed by atoms with Gasteiger partial charge in [-0.25, -0.2) is 8.42 Å². The number of sulfone groups is 1. The van der Waals surface area contributed by atoms with Gasteiger partial charge >= 0.3 is 0 Å². The molecule has 10 heteroatoms. The number of rotatable bonds is 8. The Labute approximate surface area is 176 Å². The van der Waals surface area contributed by atoms with Gasteiger partial charge in [-0.2, -0.15) is 5.10 Å². The van der Waals surface area contributed by atoms with Gasteiger partial charge in [-0.05, 0) is 44.0 Å². The molecule has 0 amide bonds. The first-order chi connectivity index (χ1) is 14.3. The van der Waals surface area contributed by atoms with Gasteiger partial charge in [-0.15, -0.1) is 0 Å². The number of H-pyrrole nitrogens is 1. The number of nitrogens with one attached hydrogen (secondary N) is 3.